The Morgan fingerprint density at radius 3 is 2.79 bits per heavy atom. The SMILES string of the molecule is [N-]=[N+]=Nc1cccc(CS(=O)(=O)F)c1. The Balaban J connectivity index is 3.00. The molecule has 0 atom stereocenters. The lowest BCUT2D eigenvalue weighted by Gasteiger charge is -1.97. The normalized spacial score (nSPS) is 10.6. The zero-order valence-electron chi connectivity index (χ0n) is 6.96. The molecule has 0 saturated carbocycles. The molecule has 0 radical (unpaired) electrons. The first kappa shape index (κ1) is 10.5. The van der Waals surface area contributed by atoms with Gasteiger partial charge in [-0.2, -0.15) is 8.42 Å². The second-order valence-corrected chi connectivity index (χ2v) is 3.91. The van der Waals surface area contributed by atoms with Crippen LogP contribution in [-0.4, -0.2) is 8.42 Å². The number of halogens is 1. The number of hydrogen-bond acceptors (Lipinski definition) is 3. The van der Waals surface area contributed by atoms with E-state index in [1.165, 1.54) is 24.3 Å². The van der Waals surface area contributed by atoms with Gasteiger partial charge in [-0.25, -0.2) is 0 Å². The highest BCUT2D eigenvalue weighted by Crippen LogP contribution is 2.16. The van der Waals surface area contributed by atoms with E-state index in [0.717, 1.165) is 0 Å². The van der Waals surface area contributed by atoms with Crippen molar-refractivity contribution in [1.82, 2.24) is 0 Å². The quantitative estimate of drug-likeness (QED) is 0.335. The lowest BCUT2D eigenvalue weighted by molar-refractivity contribution is 0.551. The molecule has 74 valence electrons. The van der Waals surface area contributed by atoms with Crippen LogP contribution in [0.4, 0.5) is 9.57 Å². The first-order valence-electron chi connectivity index (χ1n) is 3.57. The molecular formula is C7H6FN3O2S. The van der Waals surface area contributed by atoms with Crippen LogP contribution < -0.4 is 0 Å². The Labute approximate surface area is 80.0 Å². The van der Waals surface area contributed by atoms with E-state index in [1.807, 2.05) is 0 Å². The molecule has 1 aromatic rings. The molecule has 0 fully saturated rings. The van der Waals surface area contributed by atoms with Crippen molar-refractivity contribution in [2.75, 3.05) is 0 Å². The largest absolute Gasteiger partial charge is 0.306 e. The Hall–Kier alpha value is -1.59. The van der Waals surface area contributed by atoms with Crippen molar-refractivity contribution >= 4 is 15.9 Å². The fourth-order valence-electron chi connectivity index (χ4n) is 0.959. The van der Waals surface area contributed by atoms with E-state index in [-0.39, 0.29) is 11.3 Å². The Bertz CT molecular complexity index is 479. The highest BCUT2D eigenvalue weighted by molar-refractivity contribution is 7.85. The topological polar surface area (TPSA) is 82.9 Å². The fraction of sp³-hybridized carbons (Fsp3) is 0.143. The summed E-state index contributed by atoms with van der Waals surface area (Å²) in [7, 11) is -4.54. The Morgan fingerprint density at radius 1 is 1.50 bits per heavy atom. The molecule has 0 aliphatic heterocycles. The standard InChI is InChI=1S/C7H6FN3O2S/c8-14(12,13)5-6-2-1-3-7(4-6)10-11-9/h1-4H,5H2. The van der Waals surface area contributed by atoms with Crippen LogP contribution in [0.3, 0.4) is 0 Å². The summed E-state index contributed by atoms with van der Waals surface area (Å²) in [6.07, 6.45) is 0. The molecule has 0 saturated heterocycles. The maximum absolute atomic E-state index is 12.3. The number of hydrogen-bond donors (Lipinski definition) is 0. The van der Waals surface area contributed by atoms with Crippen LogP contribution in [-0.2, 0) is 16.0 Å². The van der Waals surface area contributed by atoms with Gasteiger partial charge in [0.25, 0.3) is 0 Å². The second-order valence-electron chi connectivity index (χ2n) is 2.54. The van der Waals surface area contributed by atoms with Gasteiger partial charge in [0.05, 0.1) is 0 Å². The van der Waals surface area contributed by atoms with Gasteiger partial charge < -0.3 is 0 Å². The van der Waals surface area contributed by atoms with Crippen molar-refractivity contribution in [1.29, 1.82) is 0 Å². The minimum atomic E-state index is -4.54. The molecule has 14 heavy (non-hydrogen) atoms. The van der Waals surface area contributed by atoms with Crippen molar-refractivity contribution in [3.05, 3.63) is 40.3 Å². The van der Waals surface area contributed by atoms with Crippen molar-refractivity contribution in [3.63, 3.8) is 0 Å². The molecule has 0 unspecified atom stereocenters. The van der Waals surface area contributed by atoms with E-state index < -0.39 is 16.0 Å². The van der Waals surface area contributed by atoms with Gasteiger partial charge in [-0.05, 0) is 17.2 Å². The maximum atomic E-state index is 12.3. The van der Waals surface area contributed by atoms with E-state index in [0.29, 0.717) is 0 Å². The van der Waals surface area contributed by atoms with E-state index >= 15 is 0 Å². The predicted molar refractivity (Wildman–Crippen MR) is 49.0 cm³/mol. The minimum absolute atomic E-state index is 0.248. The summed E-state index contributed by atoms with van der Waals surface area (Å²) >= 11 is 0. The number of azide groups is 1. The molecule has 0 aromatic heterocycles. The summed E-state index contributed by atoms with van der Waals surface area (Å²) in [4.78, 5) is 2.53. The minimum Gasteiger partial charge on any atom is -0.194 e. The number of rotatable bonds is 3. The molecule has 0 bridgehead atoms. The van der Waals surface area contributed by atoms with Gasteiger partial charge in [-0.1, -0.05) is 23.3 Å². The molecule has 1 rings (SSSR count). The van der Waals surface area contributed by atoms with E-state index in [9.17, 15) is 12.3 Å². The summed E-state index contributed by atoms with van der Waals surface area (Å²) in [5.41, 5.74) is 8.61. The molecule has 7 heteroatoms. The highest BCUT2D eigenvalue weighted by atomic mass is 32.3. The van der Waals surface area contributed by atoms with Gasteiger partial charge in [0.2, 0.25) is 0 Å². The molecule has 0 aliphatic rings. The van der Waals surface area contributed by atoms with Crippen LogP contribution >= 0.6 is 0 Å². The van der Waals surface area contributed by atoms with Crippen LogP contribution in [0.1, 0.15) is 5.56 Å². The van der Waals surface area contributed by atoms with Gasteiger partial charge >= 0.3 is 10.2 Å². The third-order valence-corrected chi connectivity index (χ3v) is 2.09. The van der Waals surface area contributed by atoms with E-state index in [2.05, 4.69) is 10.0 Å². The molecule has 5 nitrogen and oxygen atoms in total. The van der Waals surface area contributed by atoms with Crippen molar-refractivity contribution in [2.24, 2.45) is 5.11 Å². The zero-order valence-corrected chi connectivity index (χ0v) is 7.78. The summed E-state index contributed by atoms with van der Waals surface area (Å²) in [6.45, 7) is 0. The van der Waals surface area contributed by atoms with Crippen molar-refractivity contribution in [3.8, 4) is 0 Å². The van der Waals surface area contributed by atoms with Gasteiger partial charge in [0.15, 0.2) is 0 Å². The fourth-order valence-corrected chi connectivity index (χ4v) is 1.54. The van der Waals surface area contributed by atoms with Gasteiger partial charge in [0.1, 0.15) is 5.75 Å². The molecule has 0 amide bonds. The predicted octanol–water partition coefficient (Wildman–Crippen LogP) is 2.43. The van der Waals surface area contributed by atoms with Crippen LogP contribution in [0.15, 0.2) is 29.4 Å². The maximum Gasteiger partial charge on any atom is 0.306 e. The number of nitrogens with zero attached hydrogens (tertiary/aromatic N) is 3. The lowest BCUT2D eigenvalue weighted by atomic mass is 10.2. The highest BCUT2D eigenvalue weighted by Gasteiger charge is 2.08. The molecule has 0 N–H and O–H groups in total. The lowest BCUT2D eigenvalue weighted by Crippen LogP contribution is -1.95. The number of benzene rings is 1. The van der Waals surface area contributed by atoms with E-state index in [1.54, 1.807) is 0 Å². The Kier molecular flexibility index (Phi) is 3.06. The van der Waals surface area contributed by atoms with E-state index in [4.69, 9.17) is 5.53 Å². The average Bonchev–Trinajstić information content (AvgIpc) is 2.02. The monoisotopic (exact) mass is 215 g/mol. The molecule has 0 aliphatic carbocycles. The summed E-state index contributed by atoms with van der Waals surface area (Å²) in [6, 6.07) is 5.74. The third kappa shape index (κ3) is 3.42. The smallest absolute Gasteiger partial charge is 0.194 e. The van der Waals surface area contributed by atoms with Crippen molar-refractivity contribution in [2.45, 2.75) is 5.75 Å². The average molecular weight is 215 g/mol. The first-order valence-corrected chi connectivity index (χ1v) is 5.13. The second kappa shape index (κ2) is 4.08. The molecule has 1 aromatic carbocycles. The Morgan fingerprint density at radius 2 is 2.21 bits per heavy atom. The molecular weight excluding hydrogens is 209 g/mol. The summed E-state index contributed by atoms with van der Waals surface area (Å²) in [5.74, 6) is -0.707. The summed E-state index contributed by atoms with van der Waals surface area (Å²) < 4.78 is 32.9. The van der Waals surface area contributed by atoms with Gasteiger partial charge in [0, 0.05) is 10.6 Å². The van der Waals surface area contributed by atoms with Crippen molar-refractivity contribution < 1.29 is 12.3 Å². The van der Waals surface area contributed by atoms with Crippen LogP contribution in [0.2, 0.25) is 0 Å². The zero-order chi connectivity index (χ0) is 10.6. The third-order valence-electron chi connectivity index (χ3n) is 1.41. The molecule has 0 spiro atoms. The molecule has 0 heterocycles. The van der Waals surface area contributed by atoms with Gasteiger partial charge in [-0.15, -0.1) is 3.89 Å². The first-order chi connectivity index (χ1) is 6.51. The van der Waals surface area contributed by atoms with Crippen LogP contribution in [0, 0.1) is 0 Å². The summed E-state index contributed by atoms with van der Waals surface area (Å²) in [5, 5.41) is 3.26. The van der Waals surface area contributed by atoms with Crippen LogP contribution in [0.25, 0.3) is 10.4 Å². The van der Waals surface area contributed by atoms with Gasteiger partial charge in [-0.3, -0.25) is 0 Å². The van der Waals surface area contributed by atoms with Crippen LogP contribution in [0.5, 0.6) is 0 Å².